The Kier molecular flexibility index (Phi) is 4.56. The molecule has 1 unspecified atom stereocenters. The summed E-state index contributed by atoms with van der Waals surface area (Å²) in [5, 5.41) is 3.27. The summed E-state index contributed by atoms with van der Waals surface area (Å²) in [4.78, 5) is 32.3. The molecule has 2 aromatic heterocycles. The zero-order valence-corrected chi connectivity index (χ0v) is 14.4. The standard InChI is InChI=1S/C18H20N4O3/c1-4-25-14-7-5-13(6-8-14)21-17(23)12(3)22-10-19-16-15(18(22)24)9-11(2)20-16/h5-10,12,20H,4H2,1-3H3,(H,21,23). The lowest BCUT2D eigenvalue weighted by molar-refractivity contribution is -0.118. The van der Waals surface area contributed by atoms with E-state index in [1.165, 1.54) is 10.9 Å². The number of carbonyl (C=O) groups excluding carboxylic acids is 1. The lowest BCUT2D eigenvalue weighted by atomic mass is 10.2. The predicted molar refractivity (Wildman–Crippen MR) is 96.0 cm³/mol. The van der Waals surface area contributed by atoms with Crippen LogP contribution in [0, 0.1) is 6.92 Å². The van der Waals surface area contributed by atoms with E-state index in [4.69, 9.17) is 4.74 Å². The number of aromatic amines is 1. The molecule has 7 nitrogen and oxygen atoms in total. The number of nitrogens with one attached hydrogen (secondary N) is 2. The van der Waals surface area contributed by atoms with E-state index in [-0.39, 0.29) is 11.5 Å². The lowest BCUT2D eigenvalue weighted by Crippen LogP contribution is -2.31. The van der Waals surface area contributed by atoms with Crippen LogP contribution in [0.1, 0.15) is 25.6 Å². The largest absolute Gasteiger partial charge is 0.494 e. The zero-order chi connectivity index (χ0) is 18.0. The van der Waals surface area contributed by atoms with Crippen molar-refractivity contribution in [1.82, 2.24) is 14.5 Å². The summed E-state index contributed by atoms with van der Waals surface area (Å²) in [6, 6.07) is 8.13. The molecule has 2 heterocycles. The molecule has 0 saturated heterocycles. The van der Waals surface area contributed by atoms with Crippen LogP contribution in [0.5, 0.6) is 5.75 Å². The third kappa shape index (κ3) is 3.40. The number of fused-ring (bicyclic) bond motifs is 1. The van der Waals surface area contributed by atoms with Gasteiger partial charge in [-0.15, -0.1) is 0 Å². The van der Waals surface area contributed by atoms with Gasteiger partial charge in [-0.05, 0) is 51.1 Å². The van der Waals surface area contributed by atoms with E-state index in [1.807, 2.05) is 13.8 Å². The molecule has 1 aromatic carbocycles. The number of aryl methyl sites for hydroxylation is 1. The van der Waals surface area contributed by atoms with Crippen molar-refractivity contribution >= 4 is 22.6 Å². The quantitative estimate of drug-likeness (QED) is 0.747. The number of nitrogens with zero attached hydrogens (tertiary/aromatic N) is 2. The van der Waals surface area contributed by atoms with Gasteiger partial charge < -0.3 is 15.0 Å². The second-order valence-corrected chi connectivity index (χ2v) is 5.79. The molecule has 0 spiro atoms. The fourth-order valence-electron chi connectivity index (χ4n) is 2.60. The summed E-state index contributed by atoms with van der Waals surface area (Å²) in [6.45, 7) is 6.01. The highest BCUT2D eigenvalue weighted by Gasteiger charge is 2.18. The van der Waals surface area contributed by atoms with Crippen LogP contribution < -0.4 is 15.6 Å². The summed E-state index contributed by atoms with van der Waals surface area (Å²) in [7, 11) is 0. The first-order valence-electron chi connectivity index (χ1n) is 8.09. The smallest absolute Gasteiger partial charge is 0.263 e. The second kappa shape index (κ2) is 6.80. The van der Waals surface area contributed by atoms with Crippen molar-refractivity contribution in [2.45, 2.75) is 26.8 Å². The Hall–Kier alpha value is -3.09. The van der Waals surface area contributed by atoms with E-state index in [9.17, 15) is 9.59 Å². The van der Waals surface area contributed by atoms with Gasteiger partial charge in [0.2, 0.25) is 5.91 Å². The van der Waals surface area contributed by atoms with Crippen LogP contribution in [0.25, 0.3) is 11.0 Å². The molecule has 3 aromatic rings. The van der Waals surface area contributed by atoms with Crippen LogP contribution in [0.4, 0.5) is 5.69 Å². The highest BCUT2D eigenvalue weighted by molar-refractivity contribution is 5.93. The molecule has 0 aliphatic carbocycles. The van der Waals surface area contributed by atoms with E-state index in [1.54, 1.807) is 37.3 Å². The number of carbonyl (C=O) groups is 1. The molecular weight excluding hydrogens is 320 g/mol. The van der Waals surface area contributed by atoms with Gasteiger partial charge in [0.25, 0.3) is 5.56 Å². The fraction of sp³-hybridized carbons (Fsp3) is 0.278. The van der Waals surface area contributed by atoms with Gasteiger partial charge in [0.15, 0.2) is 0 Å². The van der Waals surface area contributed by atoms with Gasteiger partial charge in [-0.3, -0.25) is 14.2 Å². The van der Waals surface area contributed by atoms with Gasteiger partial charge in [0.1, 0.15) is 23.8 Å². The Bertz CT molecular complexity index is 957. The number of hydrogen-bond donors (Lipinski definition) is 2. The first kappa shape index (κ1) is 16.8. The molecule has 1 amide bonds. The van der Waals surface area contributed by atoms with Crippen LogP contribution in [0.3, 0.4) is 0 Å². The van der Waals surface area contributed by atoms with Gasteiger partial charge in [0.05, 0.1) is 12.0 Å². The maximum absolute atomic E-state index is 12.6. The van der Waals surface area contributed by atoms with Gasteiger partial charge in [0, 0.05) is 11.4 Å². The molecular formula is C18H20N4O3. The van der Waals surface area contributed by atoms with Crippen LogP contribution in [0.15, 0.2) is 41.5 Å². The summed E-state index contributed by atoms with van der Waals surface area (Å²) in [5.74, 6) is 0.446. The van der Waals surface area contributed by atoms with Crippen LogP contribution in [-0.2, 0) is 4.79 Å². The monoisotopic (exact) mass is 340 g/mol. The topological polar surface area (TPSA) is 89.0 Å². The summed E-state index contributed by atoms with van der Waals surface area (Å²) in [5.41, 5.74) is 1.77. The number of amides is 1. The van der Waals surface area contributed by atoms with Crippen molar-refractivity contribution in [3.63, 3.8) is 0 Å². The normalized spacial score (nSPS) is 12.1. The molecule has 0 saturated carbocycles. The van der Waals surface area contributed by atoms with E-state index in [0.29, 0.717) is 23.3 Å². The van der Waals surface area contributed by atoms with Crippen molar-refractivity contribution in [2.75, 3.05) is 11.9 Å². The minimum absolute atomic E-state index is 0.247. The van der Waals surface area contributed by atoms with E-state index in [0.717, 1.165) is 11.4 Å². The Balaban J connectivity index is 1.80. The first-order valence-corrected chi connectivity index (χ1v) is 8.09. The van der Waals surface area contributed by atoms with Crippen molar-refractivity contribution in [1.29, 1.82) is 0 Å². The molecule has 0 bridgehead atoms. The van der Waals surface area contributed by atoms with Crippen LogP contribution >= 0.6 is 0 Å². The average Bonchev–Trinajstić information content (AvgIpc) is 2.98. The Labute approximate surface area is 144 Å². The molecule has 0 aliphatic heterocycles. The molecule has 0 aliphatic rings. The van der Waals surface area contributed by atoms with Crippen molar-refractivity contribution in [3.8, 4) is 5.75 Å². The number of H-pyrrole nitrogens is 1. The molecule has 0 radical (unpaired) electrons. The van der Waals surface area contributed by atoms with Gasteiger partial charge in [-0.1, -0.05) is 0 Å². The number of rotatable bonds is 5. The highest BCUT2D eigenvalue weighted by atomic mass is 16.5. The van der Waals surface area contributed by atoms with Crippen molar-refractivity contribution in [2.24, 2.45) is 0 Å². The molecule has 1 atom stereocenters. The SMILES string of the molecule is CCOc1ccc(NC(=O)C(C)n2cnc3[nH]c(C)cc3c2=O)cc1. The van der Waals surface area contributed by atoms with E-state index in [2.05, 4.69) is 15.3 Å². The van der Waals surface area contributed by atoms with Gasteiger partial charge in [-0.25, -0.2) is 4.98 Å². The first-order chi connectivity index (χ1) is 12.0. The van der Waals surface area contributed by atoms with Gasteiger partial charge in [-0.2, -0.15) is 0 Å². The molecule has 130 valence electrons. The fourth-order valence-corrected chi connectivity index (χ4v) is 2.60. The molecule has 2 N–H and O–H groups in total. The highest BCUT2D eigenvalue weighted by Crippen LogP contribution is 2.17. The third-order valence-electron chi connectivity index (χ3n) is 3.94. The molecule has 0 fully saturated rings. The Morgan fingerprint density at radius 2 is 2.08 bits per heavy atom. The number of benzene rings is 1. The number of hydrogen-bond acceptors (Lipinski definition) is 4. The van der Waals surface area contributed by atoms with Crippen molar-refractivity contribution < 1.29 is 9.53 Å². The van der Waals surface area contributed by atoms with Crippen molar-refractivity contribution in [3.05, 3.63) is 52.7 Å². The van der Waals surface area contributed by atoms with Crippen LogP contribution in [0.2, 0.25) is 0 Å². The summed E-state index contributed by atoms with van der Waals surface area (Å²) in [6.07, 6.45) is 1.39. The number of aromatic nitrogens is 3. The average molecular weight is 340 g/mol. The Morgan fingerprint density at radius 3 is 2.76 bits per heavy atom. The van der Waals surface area contributed by atoms with E-state index < -0.39 is 6.04 Å². The predicted octanol–water partition coefficient (Wildman–Crippen LogP) is 2.63. The van der Waals surface area contributed by atoms with Crippen LogP contribution in [-0.4, -0.2) is 27.0 Å². The lowest BCUT2D eigenvalue weighted by Gasteiger charge is -2.15. The maximum Gasteiger partial charge on any atom is 0.263 e. The molecule has 25 heavy (non-hydrogen) atoms. The molecule has 7 heteroatoms. The van der Waals surface area contributed by atoms with E-state index >= 15 is 0 Å². The maximum atomic E-state index is 12.6. The van der Waals surface area contributed by atoms with Gasteiger partial charge >= 0.3 is 0 Å². The number of anilines is 1. The Morgan fingerprint density at radius 1 is 1.36 bits per heavy atom. The molecule has 3 rings (SSSR count). The second-order valence-electron chi connectivity index (χ2n) is 5.79. The number of ether oxygens (including phenoxy) is 1. The summed E-state index contributed by atoms with van der Waals surface area (Å²) < 4.78 is 6.70. The zero-order valence-electron chi connectivity index (χ0n) is 14.4. The third-order valence-corrected chi connectivity index (χ3v) is 3.94. The minimum Gasteiger partial charge on any atom is -0.494 e. The summed E-state index contributed by atoms with van der Waals surface area (Å²) >= 11 is 0. The minimum atomic E-state index is -0.689.